The summed E-state index contributed by atoms with van der Waals surface area (Å²) in [5.74, 6) is 2.89. The maximum absolute atomic E-state index is 4.99. The lowest BCUT2D eigenvalue weighted by atomic mass is 10.00. The fourth-order valence-electron chi connectivity index (χ4n) is 6.92. The van der Waals surface area contributed by atoms with Crippen LogP contribution in [0.15, 0.2) is 164 Å². The lowest BCUT2D eigenvalue weighted by Crippen LogP contribution is -2.00. The van der Waals surface area contributed by atoms with Gasteiger partial charge in [-0.1, -0.05) is 97.1 Å². The molecule has 0 amide bonds. The van der Waals surface area contributed by atoms with Crippen LogP contribution < -0.4 is 0 Å². The molecule has 4 aromatic heterocycles. The second-order valence-corrected chi connectivity index (χ2v) is 13.4. The molecular formula is C44H27N5S. The Bertz CT molecular complexity index is 2800. The smallest absolute Gasteiger partial charge is 0.164 e. The Morgan fingerprint density at radius 1 is 0.380 bits per heavy atom. The van der Waals surface area contributed by atoms with Crippen molar-refractivity contribution in [2.45, 2.75) is 0 Å². The number of benzene rings is 6. The third-order valence-corrected chi connectivity index (χ3v) is 10.5. The molecule has 0 aliphatic heterocycles. The van der Waals surface area contributed by atoms with Crippen LogP contribution in [0.4, 0.5) is 0 Å². The van der Waals surface area contributed by atoms with Crippen LogP contribution >= 0.6 is 11.3 Å². The van der Waals surface area contributed by atoms with E-state index in [0.29, 0.717) is 17.5 Å². The summed E-state index contributed by atoms with van der Waals surface area (Å²) in [6, 6.07) is 55.0. The Kier molecular flexibility index (Phi) is 6.60. The number of para-hydroxylation sites is 1. The van der Waals surface area contributed by atoms with Gasteiger partial charge in [0.25, 0.3) is 0 Å². The summed E-state index contributed by atoms with van der Waals surface area (Å²) in [5.41, 5.74) is 7.52. The molecule has 10 aromatic rings. The van der Waals surface area contributed by atoms with Crippen LogP contribution in [0.25, 0.3) is 93.1 Å². The predicted molar refractivity (Wildman–Crippen MR) is 207 cm³/mol. The summed E-state index contributed by atoms with van der Waals surface area (Å²) in [6.45, 7) is 0. The first-order chi connectivity index (χ1) is 24.8. The topological polar surface area (TPSA) is 56.5 Å². The van der Waals surface area contributed by atoms with Gasteiger partial charge in [-0.3, -0.25) is 4.57 Å². The highest BCUT2D eigenvalue weighted by molar-refractivity contribution is 7.25. The van der Waals surface area contributed by atoms with E-state index in [2.05, 4.69) is 94.5 Å². The van der Waals surface area contributed by atoms with E-state index >= 15 is 0 Å². The Morgan fingerprint density at radius 2 is 0.900 bits per heavy atom. The normalized spacial score (nSPS) is 11.6. The van der Waals surface area contributed by atoms with Gasteiger partial charge in [0.1, 0.15) is 5.82 Å². The minimum Gasteiger partial charge on any atom is -0.294 e. The first-order valence-electron chi connectivity index (χ1n) is 16.6. The molecule has 0 aliphatic rings. The number of hydrogen-bond donors (Lipinski definition) is 0. The van der Waals surface area contributed by atoms with E-state index in [1.54, 1.807) is 0 Å². The maximum Gasteiger partial charge on any atom is 0.164 e. The molecule has 0 radical (unpaired) electrons. The van der Waals surface area contributed by atoms with Crippen molar-refractivity contribution in [1.82, 2.24) is 24.5 Å². The van der Waals surface area contributed by atoms with Gasteiger partial charge < -0.3 is 0 Å². The van der Waals surface area contributed by atoms with E-state index < -0.39 is 0 Å². The Labute approximate surface area is 291 Å². The number of pyridine rings is 1. The van der Waals surface area contributed by atoms with Gasteiger partial charge in [0.15, 0.2) is 17.5 Å². The number of thiophene rings is 1. The van der Waals surface area contributed by atoms with Gasteiger partial charge in [-0.2, -0.15) is 0 Å². The SMILES string of the molecule is c1ccc(-c2nc(-c3ccccc3)nc(-c3ccc4sc5ccc(-c6ccc7c(c6)c6ccccc6n7-c6ccccn6)cc5c4c3)n2)cc1. The molecule has 0 saturated carbocycles. The van der Waals surface area contributed by atoms with Crippen molar-refractivity contribution in [3.63, 3.8) is 0 Å². The first kappa shape index (κ1) is 28.5. The lowest BCUT2D eigenvalue weighted by molar-refractivity contribution is 1.07. The second-order valence-electron chi connectivity index (χ2n) is 12.3. The van der Waals surface area contributed by atoms with Gasteiger partial charge in [-0.25, -0.2) is 19.9 Å². The number of fused-ring (bicyclic) bond motifs is 6. The monoisotopic (exact) mass is 657 g/mol. The van der Waals surface area contributed by atoms with Crippen LogP contribution in [0.5, 0.6) is 0 Å². The fourth-order valence-corrected chi connectivity index (χ4v) is 7.99. The van der Waals surface area contributed by atoms with Gasteiger partial charge >= 0.3 is 0 Å². The minimum absolute atomic E-state index is 0.657. The Balaban J connectivity index is 1.11. The van der Waals surface area contributed by atoms with Gasteiger partial charge in [0, 0.05) is 53.8 Å². The van der Waals surface area contributed by atoms with Gasteiger partial charge in [-0.05, 0) is 71.8 Å². The van der Waals surface area contributed by atoms with E-state index in [0.717, 1.165) is 33.5 Å². The standard InChI is InChI=1S/C44H27N5S/c1-3-11-28(12-4-1)42-46-43(29-13-5-2-6-14-29)48-44(47-42)32-20-23-40-36(27-32)35-26-31(19-22-39(35)50-40)30-18-21-38-34(25-30)33-15-7-8-16-37(33)49(38)41-17-9-10-24-45-41/h1-27H. The van der Waals surface area contributed by atoms with Crippen molar-refractivity contribution in [3.8, 4) is 51.1 Å². The minimum atomic E-state index is 0.657. The lowest BCUT2D eigenvalue weighted by Gasteiger charge is -2.09. The summed E-state index contributed by atoms with van der Waals surface area (Å²) >= 11 is 1.81. The van der Waals surface area contributed by atoms with E-state index in [1.165, 1.54) is 42.1 Å². The molecule has 0 saturated heterocycles. The van der Waals surface area contributed by atoms with E-state index in [-0.39, 0.29) is 0 Å². The summed E-state index contributed by atoms with van der Waals surface area (Å²) in [6.07, 6.45) is 1.85. The highest BCUT2D eigenvalue weighted by Gasteiger charge is 2.16. The van der Waals surface area contributed by atoms with Crippen LogP contribution in [0.3, 0.4) is 0 Å². The van der Waals surface area contributed by atoms with Crippen LogP contribution in [-0.2, 0) is 0 Å². The van der Waals surface area contributed by atoms with Gasteiger partial charge in [0.05, 0.1) is 11.0 Å². The molecule has 0 unspecified atom stereocenters. The van der Waals surface area contributed by atoms with E-state index in [4.69, 9.17) is 15.0 Å². The van der Waals surface area contributed by atoms with Crippen LogP contribution in [0.1, 0.15) is 0 Å². The number of nitrogens with zero attached hydrogens (tertiary/aromatic N) is 5. The van der Waals surface area contributed by atoms with E-state index in [9.17, 15) is 0 Å². The maximum atomic E-state index is 4.99. The molecule has 0 aliphatic carbocycles. The molecular weight excluding hydrogens is 631 g/mol. The molecule has 234 valence electrons. The fraction of sp³-hybridized carbons (Fsp3) is 0. The quantitative estimate of drug-likeness (QED) is 0.185. The van der Waals surface area contributed by atoms with Crippen molar-refractivity contribution in [3.05, 3.63) is 164 Å². The van der Waals surface area contributed by atoms with Crippen molar-refractivity contribution in [2.75, 3.05) is 0 Å². The van der Waals surface area contributed by atoms with Crippen molar-refractivity contribution < 1.29 is 0 Å². The highest BCUT2D eigenvalue weighted by atomic mass is 32.1. The summed E-state index contributed by atoms with van der Waals surface area (Å²) in [5, 5.41) is 4.84. The molecule has 0 N–H and O–H groups in total. The summed E-state index contributed by atoms with van der Waals surface area (Å²) in [7, 11) is 0. The summed E-state index contributed by atoms with van der Waals surface area (Å²) < 4.78 is 4.73. The third-order valence-electron chi connectivity index (χ3n) is 9.31. The van der Waals surface area contributed by atoms with Crippen LogP contribution in [0.2, 0.25) is 0 Å². The zero-order valence-electron chi connectivity index (χ0n) is 26.7. The first-order valence-corrected chi connectivity index (χ1v) is 17.4. The molecule has 4 heterocycles. The Hall–Kier alpha value is -6.50. The second kappa shape index (κ2) is 11.6. The Morgan fingerprint density at radius 3 is 1.56 bits per heavy atom. The zero-order valence-corrected chi connectivity index (χ0v) is 27.5. The molecule has 6 heteroatoms. The average Bonchev–Trinajstić information content (AvgIpc) is 3.73. The number of rotatable bonds is 5. The molecule has 10 rings (SSSR count). The van der Waals surface area contributed by atoms with Crippen molar-refractivity contribution in [2.24, 2.45) is 0 Å². The number of hydrogen-bond acceptors (Lipinski definition) is 5. The molecule has 6 aromatic carbocycles. The molecule has 50 heavy (non-hydrogen) atoms. The zero-order chi connectivity index (χ0) is 33.0. The number of aromatic nitrogens is 5. The average molecular weight is 658 g/mol. The molecule has 0 bridgehead atoms. The van der Waals surface area contributed by atoms with E-state index in [1.807, 2.05) is 90.3 Å². The van der Waals surface area contributed by atoms with Crippen LogP contribution in [0, 0.1) is 0 Å². The molecule has 0 spiro atoms. The summed E-state index contributed by atoms with van der Waals surface area (Å²) in [4.78, 5) is 19.5. The largest absolute Gasteiger partial charge is 0.294 e. The van der Waals surface area contributed by atoms with Gasteiger partial charge in [0.2, 0.25) is 0 Å². The third kappa shape index (κ3) is 4.77. The highest BCUT2D eigenvalue weighted by Crippen LogP contribution is 2.40. The van der Waals surface area contributed by atoms with Crippen molar-refractivity contribution >= 4 is 53.3 Å². The van der Waals surface area contributed by atoms with Crippen LogP contribution in [-0.4, -0.2) is 24.5 Å². The molecule has 0 fully saturated rings. The molecule has 0 atom stereocenters. The molecule has 5 nitrogen and oxygen atoms in total. The van der Waals surface area contributed by atoms with Gasteiger partial charge in [-0.15, -0.1) is 11.3 Å². The predicted octanol–water partition coefficient (Wildman–Crippen LogP) is 11.4. The van der Waals surface area contributed by atoms with Crippen molar-refractivity contribution in [1.29, 1.82) is 0 Å².